The number of anilines is 1. The largest absolute Gasteiger partial charge is 0.369 e. The molecule has 3 aliphatic rings. The zero-order valence-corrected chi connectivity index (χ0v) is 18.6. The molecule has 6 nitrogen and oxygen atoms in total. The third-order valence-corrected chi connectivity index (χ3v) is 6.97. The lowest BCUT2D eigenvalue weighted by Crippen LogP contribution is -2.68. The van der Waals surface area contributed by atoms with Crippen molar-refractivity contribution in [3.63, 3.8) is 0 Å². The number of hydrogen-bond donors (Lipinski definition) is 1. The van der Waals surface area contributed by atoms with E-state index in [4.69, 9.17) is 0 Å². The Labute approximate surface area is 187 Å². The van der Waals surface area contributed by atoms with Crippen molar-refractivity contribution in [1.82, 2.24) is 25.1 Å². The summed E-state index contributed by atoms with van der Waals surface area (Å²) < 4.78 is 0. The second-order valence-electron chi connectivity index (χ2n) is 8.93. The Hall–Kier alpha value is -1.96. The van der Waals surface area contributed by atoms with Crippen LogP contribution >= 0.6 is 0 Å². The Balaban J connectivity index is 1.25. The molecule has 1 atom stereocenters. The van der Waals surface area contributed by atoms with Crippen molar-refractivity contribution >= 4 is 5.69 Å². The Bertz CT molecular complexity index is 786. The molecule has 0 spiro atoms. The van der Waals surface area contributed by atoms with Crippen molar-refractivity contribution in [2.75, 3.05) is 76.9 Å². The van der Waals surface area contributed by atoms with Crippen molar-refractivity contribution in [3.8, 4) is 0 Å². The van der Waals surface area contributed by atoms with Gasteiger partial charge in [0.25, 0.3) is 0 Å². The summed E-state index contributed by atoms with van der Waals surface area (Å²) in [7, 11) is 0. The lowest BCUT2D eigenvalue weighted by Gasteiger charge is -2.52. The third-order valence-electron chi connectivity index (χ3n) is 6.97. The molecule has 0 aromatic heterocycles. The molecule has 3 aliphatic heterocycles. The monoisotopic (exact) mass is 420 g/mol. The second kappa shape index (κ2) is 10.1. The summed E-state index contributed by atoms with van der Waals surface area (Å²) in [6, 6.07) is 21.8. The van der Waals surface area contributed by atoms with Crippen LogP contribution in [0.1, 0.15) is 5.56 Å². The lowest BCUT2D eigenvalue weighted by molar-refractivity contribution is -0.151. The van der Waals surface area contributed by atoms with Crippen molar-refractivity contribution in [3.05, 3.63) is 66.2 Å². The van der Waals surface area contributed by atoms with Crippen LogP contribution in [-0.4, -0.2) is 98.0 Å². The van der Waals surface area contributed by atoms with Crippen LogP contribution in [0.3, 0.4) is 0 Å². The SMILES string of the molecule is c1ccc(CN2CCN(N3CCN(c4ccccc4)CC3)C(N3CCNCC3)C2)cc1. The average molecular weight is 421 g/mol. The van der Waals surface area contributed by atoms with Gasteiger partial charge in [0.1, 0.15) is 0 Å². The number of benzene rings is 2. The first-order valence-corrected chi connectivity index (χ1v) is 11.9. The number of hydrogen-bond acceptors (Lipinski definition) is 6. The first-order valence-electron chi connectivity index (χ1n) is 11.9. The van der Waals surface area contributed by atoms with Gasteiger partial charge in [-0.15, -0.1) is 0 Å². The van der Waals surface area contributed by atoms with Crippen LogP contribution in [0.4, 0.5) is 5.69 Å². The normalized spacial score (nSPS) is 25.0. The Morgan fingerprint density at radius 2 is 1.39 bits per heavy atom. The van der Waals surface area contributed by atoms with Gasteiger partial charge in [0.2, 0.25) is 0 Å². The zero-order chi connectivity index (χ0) is 20.9. The van der Waals surface area contributed by atoms with E-state index in [1.165, 1.54) is 11.3 Å². The molecule has 3 fully saturated rings. The van der Waals surface area contributed by atoms with Crippen LogP contribution in [0.15, 0.2) is 60.7 Å². The molecule has 0 amide bonds. The van der Waals surface area contributed by atoms with Crippen molar-refractivity contribution in [1.29, 1.82) is 0 Å². The van der Waals surface area contributed by atoms with E-state index in [2.05, 4.69) is 90.7 Å². The van der Waals surface area contributed by atoms with Crippen LogP contribution in [0.2, 0.25) is 0 Å². The molecule has 0 radical (unpaired) electrons. The van der Waals surface area contributed by atoms with Crippen LogP contribution in [0.25, 0.3) is 0 Å². The summed E-state index contributed by atoms with van der Waals surface area (Å²) in [5, 5.41) is 8.88. The quantitative estimate of drug-likeness (QED) is 0.793. The number of nitrogens with one attached hydrogen (secondary N) is 1. The first-order chi connectivity index (χ1) is 15.4. The van der Waals surface area contributed by atoms with Gasteiger partial charge >= 0.3 is 0 Å². The van der Waals surface area contributed by atoms with Crippen LogP contribution < -0.4 is 10.2 Å². The number of para-hydroxylation sites is 1. The van der Waals surface area contributed by atoms with Crippen molar-refractivity contribution in [2.24, 2.45) is 0 Å². The molecule has 0 aliphatic carbocycles. The molecule has 2 aromatic rings. The fourth-order valence-corrected chi connectivity index (χ4v) is 5.26. The van der Waals surface area contributed by atoms with E-state index in [0.717, 1.165) is 78.5 Å². The molecule has 1 N–H and O–H groups in total. The second-order valence-corrected chi connectivity index (χ2v) is 8.93. The minimum absolute atomic E-state index is 0.475. The minimum atomic E-state index is 0.475. The molecule has 0 bridgehead atoms. The number of hydrazine groups is 1. The van der Waals surface area contributed by atoms with Gasteiger partial charge in [0.15, 0.2) is 0 Å². The highest BCUT2D eigenvalue weighted by Crippen LogP contribution is 2.22. The van der Waals surface area contributed by atoms with Gasteiger partial charge in [-0.2, -0.15) is 0 Å². The molecule has 6 heteroatoms. The van der Waals surface area contributed by atoms with Crippen LogP contribution in [-0.2, 0) is 6.54 Å². The molecule has 3 heterocycles. The molecule has 0 saturated carbocycles. The van der Waals surface area contributed by atoms with Gasteiger partial charge < -0.3 is 10.2 Å². The molecule has 3 saturated heterocycles. The summed E-state index contributed by atoms with van der Waals surface area (Å²) >= 11 is 0. The molecule has 31 heavy (non-hydrogen) atoms. The lowest BCUT2D eigenvalue weighted by atomic mass is 10.1. The van der Waals surface area contributed by atoms with Gasteiger partial charge in [-0.3, -0.25) is 9.80 Å². The fourth-order valence-electron chi connectivity index (χ4n) is 5.26. The summed E-state index contributed by atoms with van der Waals surface area (Å²) in [5.41, 5.74) is 2.78. The van der Waals surface area contributed by atoms with Gasteiger partial charge in [0.05, 0.1) is 6.17 Å². The number of rotatable bonds is 5. The topological polar surface area (TPSA) is 28.2 Å². The van der Waals surface area contributed by atoms with E-state index in [1.807, 2.05) is 0 Å². The van der Waals surface area contributed by atoms with Crippen molar-refractivity contribution in [2.45, 2.75) is 12.7 Å². The highest BCUT2D eigenvalue weighted by atomic mass is 15.7. The van der Waals surface area contributed by atoms with Crippen LogP contribution in [0, 0.1) is 0 Å². The van der Waals surface area contributed by atoms with E-state index in [-0.39, 0.29) is 0 Å². The summed E-state index contributed by atoms with van der Waals surface area (Å²) in [6.07, 6.45) is 0.475. The fraction of sp³-hybridized carbons (Fsp3) is 0.520. The maximum absolute atomic E-state index is 3.53. The van der Waals surface area contributed by atoms with Gasteiger partial charge in [-0.25, -0.2) is 10.0 Å². The van der Waals surface area contributed by atoms with E-state index in [9.17, 15) is 0 Å². The predicted octanol–water partition coefficient (Wildman–Crippen LogP) is 1.77. The van der Waals surface area contributed by atoms with E-state index in [1.54, 1.807) is 0 Å². The molecule has 166 valence electrons. The van der Waals surface area contributed by atoms with Gasteiger partial charge in [-0.1, -0.05) is 48.5 Å². The summed E-state index contributed by atoms with van der Waals surface area (Å²) in [5.74, 6) is 0. The van der Waals surface area contributed by atoms with E-state index in [0.29, 0.717) is 6.17 Å². The van der Waals surface area contributed by atoms with E-state index < -0.39 is 0 Å². The highest BCUT2D eigenvalue weighted by molar-refractivity contribution is 5.46. The number of nitrogens with zero attached hydrogens (tertiary/aromatic N) is 5. The van der Waals surface area contributed by atoms with Crippen LogP contribution in [0.5, 0.6) is 0 Å². The highest BCUT2D eigenvalue weighted by Gasteiger charge is 2.36. The Morgan fingerprint density at radius 3 is 2.10 bits per heavy atom. The first kappa shape index (κ1) is 20.9. The number of piperazine rings is 3. The molecular weight excluding hydrogens is 384 g/mol. The summed E-state index contributed by atoms with van der Waals surface area (Å²) in [4.78, 5) is 7.89. The molecule has 5 rings (SSSR count). The molecule has 2 aromatic carbocycles. The zero-order valence-electron chi connectivity index (χ0n) is 18.6. The minimum Gasteiger partial charge on any atom is -0.369 e. The van der Waals surface area contributed by atoms with Gasteiger partial charge in [0, 0.05) is 84.2 Å². The maximum atomic E-state index is 3.53. The Kier molecular flexibility index (Phi) is 6.82. The molecular formula is C25H36N6. The summed E-state index contributed by atoms with van der Waals surface area (Å²) in [6.45, 7) is 13.3. The standard InChI is InChI=1S/C25H36N6/c1-3-7-23(8-4-1)21-27-15-20-31(25(22-27)29-13-11-26-12-14-29)30-18-16-28(17-19-30)24-9-5-2-6-10-24/h1-10,25-26H,11-22H2. The van der Waals surface area contributed by atoms with E-state index >= 15 is 0 Å². The third kappa shape index (κ3) is 5.10. The Morgan fingerprint density at radius 1 is 0.710 bits per heavy atom. The van der Waals surface area contributed by atoms with Crippen molar-refractivity contribution < 1.29 is 0 Å². The smallest absolute Gasteiger partial charge is 0.0890 e. The predicted molar refractivity (Wildman–Crippen MR) is 127 cm³/mol. The average Bonchev–Trinajstić information content (AvgIpc) is 2.86. The molecule has 1 unspecified atom stereocenters. The maximum Gasteiger partial charge on any atom is 0.0890 e. The van der Waals surface area contributed by atoms with Gasteiger partial charge in [-0.05, 0) is 17.7 Å².